The monoisotopic (exact) mass is 270 g/mol. The number of hydrogen-bond acceptors (Lipinski definition) is 3. The summed E-state index contributed by atoms with van der Waals surface area (Å²) in [5.74, 6) is 0.329. The van der Waals surface area contributed by atoms with Crippen molar-refractivity contribution in [3.05, 3.63) is 57.9 Å². The summed E-state index contributed by atoms with van der Waals surface area (Å²) in [5, 5.41) is 2.67. The predicted octanol–water partition coefficient (Wildman–Crippen LogP) is 2.64. The summed E-state index contributed by atoms with van der Waals surface area (Å²) in [7, 11) is 0. The number of allylic oxidation sites excluding steroid dienone is 1. The Morgan fingerprint density at radius 1 is 1.37 bits per heavy atom. The van der Waals surface area contributed by atoms with Crippen molar-refractivity contribution in [2.24, 2.45) is 0 Å². The average Bonchev–Trinajstić information content (AvgIpc) is 2.75. The lowest BCUT2D eigenvalue weighted by Gasteiger charge is -2.06. The van der Waals surface area contributed by atoms with Gasteiger partial charge in [0.25, 0.3) is 0 Å². The molecular weight excluding hydrogens is 252 g/mol. The standard InChI is InChI=1S/C16H18N2S/c1-5-12(13-9-7-6-8-11(13)4)15-14(10(2)3)18-16(17)19-15/h5-10H,1,4H2,2-3H3,(H2,17,18)/b13-12+. The topological polar surface area (TPSA) is 38.9 Å². The molecule has 0 aliphatic heterocycles. The second-order valence-electron chi connectivity index (χ2n) is 4.70. The van der Waals surface area contributed by atoms with Gasteiger partial charge in [0.2, 0.25) is 0 Å². The SMILES string of the molecule is C=C/C(c1sc(N)nc1C(C)C)=c1/ccccc1=C. The number of nitrogen functional groups attached to an aromatic ring is 1. The highest BCUT2D eigenvalue weighted by Crippen LogP contribution is 2.31. The molecule has 2 nitrogen and oxygen atoms in total. The predicted molar refractivity (Wildman–Crippen MR) is 84.5 cm³/mol. The summed E-state index contributed by atoms with van der Waals surface area (Å²) < 4.78 is 0. The van der Waals surface area contributed by atoms with Crippen molar-refractivity contribution in [2.75, 3.05) is 5.73 Å². The number of aromatic nitrogens is 1. The first-order chi connectivity index (χ1) is 9.04. The van der Waals surface area contributed by atoms with E-state index in [4.69, 9.17) is 5.73 Å². The Hall–Kier alpha value is -1.87. The van der Waals surface area contributed by atoms with Gasteiger partial charge in [-0.1, -0.05) is 68.7 Å². The van der Waals surface area contributed by atoms with E-state index < -0.39 is 0 Å². The second kappa shape index (κ2) is 5.41. The lowest BCUT2D eigenvalue weighted by molar-refractivity contribution is 0.831. The molecule has 2 N–H and O–H groups in total. The maximum atomic E-state index is 5.87. The van der Waals surface area contributed by atoms with Crippen LogP contribution in [-0.4, -0.2) is 4.98 Å². The second-order valence-corrected chi connectivity index (χ2v) is 5.73. The number of nitrogens with zero attached hydrogens (tertiary/aromatic N) is 1. The fraction of sp³-hybridized carbons (Fsp3) is 0.188. The van der Waals surface area contributed by atoms with E-state index >= 15 is 0 Å². The Labute approximate surface area is 117 Å². The van der Waals surface area contributed by atoms with Gasteiger partial charge in [0.1, 0.15) is 0 Å². The molecule has 0 aliphatic rings. The molecular formula is C16H18N2S. The van der Waals surface area contributed by atoms with Crippen LogP contribution < -0.4 is 16.2 Å². The zero-order chi connectivity index (χ0) is 14.0. The molecule has 1 aromatic carbocycles. The Kier molecular flexibility index (Phi) is 3.86. The fourth-order valence-corrected chi connectivity index (χ4v) is 3.08. The van der Waals surface area contributed by atoms with Crippen LogP contribution in [0.3, 0.4) is 0 Å². The summed E-state index contributed by atoms with van der Waals surface area (Å²) in [6, 6.07) is 8.04. The Bertz CT molecular complexity index is 711. The van der Waals surface area contributed by atoms with Gasteiger partial charge < -0.3 is 5.73 Å². The Morgan fingerprint density at radius 2 is 2.05 bits per heavy atom. The Morgan fingerprint density at radius 3 is 2.63 bits per heavy atom. The molecule has 98 valence electrons. The van der Waals surface area contributed by atoms with Crippen molar-refractivity contribution in [1.29, 1.82) is 0 Å². The largest absolute Gasteiger partial charge is 0.375 e. The third kappa shape index (κ3) is 2.61. The van der Waals surface area contributed by atoms with Crippen LogP contribution in [0.15, 0.2) is 36.9 Å². The van der Waals surface area contributed by atoms with Gasteiger partial charge in [-0.25, -0.2) is 4.98 Å². The van der Waals surface area contributed by atoms with Gasteiger partial charge in [0.05, 0.1) is 10.6 Å². The van der Waals surface area contributed by atoms with E-state index in [1.54, 1.807) is 0 Å². The molecule has 0 unspecified atom stereocenters. The minimum absolute atomic E-state index is 0.329. The maximum Gasteiger partial charge on any atom is 0.180 e. The fourth-order valence-electron chi connectivity index (χ4n) is 2.04. The molecule has 0 bridgehead atoms. The number of hydrogen-bond donors (Lipinski definition) is 1. The lowest BCUT2D eigenvalue weighted by Crippen LogP contribution is -2.24. The van der Waals surface area contributed by atoms with Crippen molar-refractivity contribution < 1.29 is 0 Å². The molecule has 0 radical (unpaired) electrons. The molecule has 0 fully saturated rings. The smallest absolute Gasteiger partial charge is 0.180 e. The van der Waals surface area contributed by atoms with E-state index in [0.717, 1.165) is 26.6 Å². The summed E-state index contributed by atoms with van der Waals surface area (Å²) in [6.45, 7) is 12.3. The highest BCUT2D eigenvalue weighted by Gasteiger charge is 2.15. The zero-order valence-corrected chi connectivity index (χ0v) is 12.1. The molecule has 1 aromatic heterocycles. The maximum absolute atomic E-state index is 5.87. The summed E-state index contributed by atoms with van der Waals surface area (Å²) in [4.78, 5) is 5.54. The van der Waals surface area contributed by atoms with E-state index in [0.29, 0.717) is 11.0 Å². The first-order valence-corrected chi connectivity index (χ1v) is 7.03. The summed E-state index contributed by atoms with van der Waals surface area (Å²) in [5.41, 5.74) is 7.96. The molecule has 0 atom stereocenters. The third-order valence-electron chi connectivity index (χ3n) is 2.97. The molecule has 0 saturated carbocycles. The normalized spacial score (nSPS) is 12.6. The van der Waals surface area contributed by atoms with Crippen molar-refractivity contribution in [3.63, 3.8) is 0 Å². The molecule has 2 rings (SSSR count). The van der Waals surface area contributed by atoms with Gasteiger partial charge in [0.15, 0.2) is 5.13 Å². The number of thiazole rings is 1. The van der Waals surface area contributed by atoms with Crippen molar-refractivity contribution >= 4 is 28.6 Å². The molecule has 19 heavy (non-hydrogen) atoms. The van der Waals surface area contributed by atoms with E-state index in [1.165, 1.54) is 11.3 Å². The van der Waals surface area contributed by atoms with Crippen molar-refractivity contribution in [2.45, 2.75) is 19.8 Å². The molecule has 0 amide bonds. The lowest BCUT2D eigenvalue weighted by atomic mass is 10.0. The molecule has 3 heteroatoms. The van der Waals surface area contributed by atoms with Crippen LogP contribution in [0.2, 0.25) is 0 Å². The van der Waals surface area contributed by atoms with E-state index in [9.17, 15) is 0 Å². The van der Waals surface area contributed by atoms with Gasteiger partial charge in [-0.15, -0.1) is 0 Å². The van der Waals surface area contributed by atoms with Gasteiger partial charge >= 0.3 is 0 Å². The van der Waals surface area contributed by atoms with Crippen LogP contribution >= 0.6 is 11.3 Å². The zero-order valence-electron chi connectivity index (χ0n) is 11.3. The molecule has 0 aliphatic carbocycles. The number of nitrogens with two attached hydrogens (primary N) is 1. The average molecular weight is 270 g/mol. The Balaban J connectivity index is 2.82. The first kappa shape index (κ1) is 13.6. The van der Waals surface area contributed by atoms with Gasteiger partial charge in [-0.2, -0.15) is 0 Å². The van der Waals surface area contributed by atoms with Crippen LogP contribution in [0, 0.1) is 0 Å². The van der Waals surface area contributed by atoms with Crippen molar-refractivity contribution in [1.82, 2.24) is 4.98 Å². The van der Waals surface area contributed by atoms with Crippen LogP contribution in [0.5, 0.6) is 0 Å². The van der Waals surface area contributed by atoms with Crippen molar-refractivity contribution in [3.8, 4) is 0 Å². The summed E-state index contributed by atoms with van der Waals surface area (Å²) in [6.07, 6.45) is 1.86. The van der Waals surface area contributed by atoms with Gasteiger partial charge in [-0.3, -0.25) is 0 Å². The quantitative estimate of drug-likeness (QED) is 0.931. The highest BCUT2D eigenvalue weighted by atomic mass is 32.1. The van der Waals surface area contributed by atoms with Crippen LogP contribution in [0.4, 0.5) is 5.13 Å². The van der Waals surface area contributed by atoms with Crippen LogP contribution in [0.25, 0.3) is 12.2 Å². The third-order valence-corrected chi connectivity index (χ3v) is 3.91. The van der Waals surface area contributed by atoms with E-state index in [-0.39, 0.29) is 0 Å². The molecule has 0 spiro atoms. The van der Waals surface area contributed by atoms with E-state index in [1.807, 2.05) is 24.3 Å². The molecule has 2 aromatic rings. The first-order valence-electron chi connectivity index (χ1n) is 6.22. The number of benzene rings is 1. The molecule has 0 saturated heterocycles. The summed E-state index contributed by atoms with van der Waals surface area (Å²) >= 11 is 1.51. The minimum atomic E-state index is 0.329. The van der Waals surface area contributed by atoms with Crippen LogP contribution in [-0.2, 0) is 0 Å². The number of anilines is 1. The number of rotatable bonds is 3. The van der Waals surface area contributed by atoms with E-state index in [2.05, 4.69) is 38.1 Å². The van der Waals surface area contributed by atoms with Gasteiger partial charge in [0, 0.05) is 5.57 Å². The highest BCUT2D eigenvalue weighted by molar-refractivity contribution is 7.16. The molecule has 1 heterocycles. The van der Waals surface area contributed by atoms with Crippen LogP contribution in [0.1, 0.15) is 30.3 Å². The van der Waals surface area contributed by atoms with Gasteiger partial charge in [-0.05, 0) is 16.4 Å². The minimum Gasteiger partial charge on any atom is -0.375 e.